The molecule has 0 aromatic carbocycles. The number of rotatable bonds is 3. The predicted octanol–water partition coefficient (Wildman–Crippen LogP) is 0.101. The van der Waals surface area contributed by atoms with E-state index in [-0.39, 0.29) is 10.7 Å². The van der Waals surface area contributed by atoms with Gasteiger partial charge in [0.05, 0.1) is 18.4 Å². The molecule has 0 bridgehead atoms. The molecule has 0 unspecified atom stereocenters. The van der Waals surface area contributed by atoms with Crippen molar-refractivity contribution in [2.24, 2.45) is 0 Å². The van der Waals surface area contributed by atoms with Gasteiger partial charge in [-0.05, 0) is 13.0 Å². The van der Waals surface area contributed by atoms with Crippen LogP contribution in [0.3, 0.4) is 0 Å². The molecule has 0 aliphatic carbocycles. The van der Waals surface area contributed by atoms with E-state index in [2.05, 4.69) is 20.5 Å². The van der Waals surface area contributed by atoms with Crippen LogP contribution in [-0.2, 0) is 14.3 Å². The third kappa shape index (κ3) is 4.09. The lowest BCUT2D eigenvalue weighted by Gasteiger charge is -2.11. The standard InChI is InChI=1S/C11H13ClN4O4/c1-3-13-7-4-8(12)14-5-6(7)9(17)15-16-10(18)11(19)20-2/h4-5H,3H2,1-2H3,(H,13,14)(H,15,17)(H,16,18). The summed E-state index contributed by atoms with van der Waals surface area (Å²) in [7, 11) is 1.05. The summed E-state index contributed by atoms with van der Waals surface area (Å²) < 4.78 is 4.18. The first-order chi connectivity index (χ1) is 9.49. The second-order valence-electron chi connectivity index (χ2n) is 3.48. The van der Waals surface area contributed by atoms with Crippen LogP contribution in [0.25, 0.3) is 0 Å². The van der Waals surface area contributed by atoms with Gasteiger partial charge in [-0.2, -0.15) is 0 Å². The molecule has 0 aliphatic rings. The van der Waals surface area contributed by atoms with Crippen LogP contribution in [-0.4, -0.2) is 36.4 Å². The number of aromatic nitrogens is 1. The highest BCUT2D eigenvalue weighted by Crippen LogP contribution is 2.18. The van der Waals surface area contributed by atoms with Gasteiger partial charge in [-0.15, -0.1) is 0 Å². The maximum atomic E-state index is 11.9. The van der Waals surface area contributed by atoms with Crippen LogP contribution < -0.4 is 16.2 Å². The monoisotopic (exact) mass is 300 g/mol. The number of methoxy groups -OCH3 is 1. The first-order valence-electron chi connectivity index (χ1n) is 5.57. The van der Waals surface area contributed by atoms with Crippen LogP contribution >= 0.6 is 11.6 Å². The molecule has 8 nitrogen and oxygen atoms in total. The molecule has 9 heteroatoms. The summed E-state index contributed by atoms with van der Waals surface area (Å²) in [6.45, 7) is 2.41. The normalized spacial score (nSPS) is 9.55. The SMILES string of the molecule is CCNc1cc(Cl)ncc1C(=O)NNC(=O)C(=O)OC. The molecular formula is C11H13ClN4O4. The number of nitrogens with zero attached hydrogens (tertiary/aromatic N) is 1. The summed E-state index contributed by atoms with van der Waals surface area (Å²) in [5.41, 5.74) is 4.61. The fourth-order valence-electron chi connectivity index (χ4n) is 1.27. The molecule has 3 N–H and O–H groups in total. The van der Waals surface area contributed by atoms with Gasteiger partial charge in [0.25, 0.3) is 5.91 Å². The molecule has 1 heterocycles. The van der Waals surface area contributed by atoms with Gasteiger partial charge in [-0.3, -0.25) is 20.4 Å². The van der Waals surface area contributed by atoms with Gasteiger partial charge >= 0.3 is 11.9 Å². The van der Waals surface area contributed by atoms with E-state index in [0.717, 1.165) is 7.11 Å². The molecule has 1 aromatic rings. The number of hydrazine groups is 1. The molecule has 20 heavy (non-hydrogen) atoms. The van der Waals surface area contributed by atoms with E-state index >= 15 is 0 Å². The molecule has 0 saturated carbocycles. The third-order valence-corrected chi connectivity index (χ3v) is 2.35. The fourth-order valence-corrected chi connectivity index (χ4v) is 1.43. The average Bonchev–Trinajstić information content (AvgIpc) is 2.44. The van der Waals surface area contributed by atoms with Crippen molar-refractivity contribution in [3.63, 3.8) is 0 Å². The lowest BCUT2D eigenvalue weighted by Crippen LogP contribution is -2.45. The van der Waals surface area contributed by atoms with Crippen LogP contribution in [0.4, 0.5) is 5.69 Å². The Morgan fingerprint density at radius 1 is 1.35 bits per heavy atom. The van der Waals surface area contributed by atoms with Crippen LogP contribution in [0.2, 0.25) is 5.15 Å². The van der Waals surface area contributed by atoms with Crippen molar-refractivity contribution in [2.75, 3.05) is 19.0 Å². The van der Waals surface area contributed by atoms with Gasteiger partial charge in [-0.25, -0.2) is 9.78 Å². The second kappa shape index (κ2) is 7.29. The lowest BCUT2D eigenvalue weighted by atomic mass is 10.2. The van der Waals surface area contributed by atoms with Crippen molar-refractivity contribution in [3.05, 3.63) is 23.0 Å². The highest BCUT2D eigenvalue weighted by molar-refractivity contribution is 6.32. The highest BCUT2D eigenvalue weighted by Gasteiger charge is 2.17. The molecule has 1 aromatic heterocycles. The number of anilines is 1. The summed E-state index contributed by atoms with van der Waals surface area (Å²) in [4.78, 5) is 37.6. The number of carbonyl (C=O) groups excluding carboxylic acids is 3. The molecule has 0 fully saturated rings. The number of esters is 1. The minimum absolute atomic E-state index is 0.168. The van der Waals surface area contributed by atoms with Gasteiger partial charge in [0, 0.05) is 12.7 Å². The largest absolute Gasteiger partial charge is 0.462 e. The van der Waals surface area contributed by atoms with Crippen LogP contribution in [0.15, 0.2) is 12.3 Å². The summed E-state index contributed by atoms with van der Waals surface area (Å²) in [6, 6.07) is 1.47. The van der Waals surface area contributed by atoms with E-state index in [4.69, 9.17) is 11.6 Å². The number of hydrogen-bond acceptors (Lipinski definition) is 6. The van der Waals surface area contributed by atoms with E-state index in [0.29, 0.717) is 12.2 Å². The van der Waals surface area contributed by atoms with Gasteiger partial charge in [-0.1, -0.05) is 11.6 Å². The Hall–Kier alpha value is -2.35. The third-order valence-electron chi connectivity index (χ3n) is 2.14. The van der Waals surface area contributed by atoms with Crippen molar-refractivity contribution in [1.29, 1.82) is 0 Å². The summed E-state index contributed by atoms with van der Waals surface area (Å²) in [5.74, 6) is -2.86. The number of carbonyl (C=O) groups is 3. The Balaban J connectivity index is 2.77. The topological polar surface area (TPSA) is 109 Å². The number of ether oxygens (including phenoxy) is 1. The van der Waals surface area contributed by atoms with Crippen molar-refractivity contribution in [2.45, 2.75) is 6.92 Å². The Morgan fingerprint density at radius 2 is 2.05 bits per heavy atom. The van der Waals surface area contributed by atoms with E-state index in [9.17, 15) is 14.4 Å². The Labute approximate surface area is 119 Å². The number of nitrogens with one attached hydrogen (secondary N) is 3. The van der Waals surface area contributed by atoms with E-state index in [1.807, 2.05) is 12.3 Å². The maximum absolute atomic E-state index is 11.9. The Bertz CT molecular complexity index is 535. The molecule has 0 atom stereocenters. The van der Waals surface area contributed by atoms with Gasteiger partial charge in [0.15, 0.2) is 0 Å². The van der Waals surface area contributed by atoms with Crippen molar-refractivity contribution in [1.82, 2.24) is 15.8 Å². The lowest BCUT2D eigenvalue weighted by molar-refractivity contribution is -0.153. The van der Waals surface area contributed by atoms with Gasteiger partial charge in [0.2, 0.25) is 0 Å². The molecule has 0 aliphatic heterocycles. The molecule has 1 rings (SSSR count). The summed E-state index contributed by atoms with van der Waals surface area (Å²) in [5, 5.41) is 3.15. The first kappa shape index (κ1) is 15.7. The van der Waals surface area contributed by atoms with E-state index < -0.39 is 17.8 Å². The molecular weight excluding hydrogens is 288 g/mol. The number of amides is 2. The highest BCUT2D eigenvalue weighted by atomic mass is 35.5. The van der Waals surface area contributed by atoms with Crippen LogP contribution in [0.1, 0.15) is 17.3 Å². The molecule has 0 spiro atoms. The summed E-state index contributed by atoms with van der Waals surface area (Å²) >= 11 is 5.73. The zero-order valence-electron chi connectivity index (χ0n) is 10.8. The van der Waals surface area contributed by atoms with Crippen molar-refractivity contribution in [3.8, 4) is 0 Å². The average molecular weight is 301 g/mol. The fraction of sp³-hybridized carbons (Fsp3) is 0.273. The molecule has 0 radical (unpaired) electrons. The smallest absolute Gasteiger partial charge is 0.398 e. The number of hydrogen-bond donors (Lipinski definition) is 3. The van der Waals surface area contributed by atoms with E-state index in [1.165, 1.54) is 12.3 Å². The van der Waals surface area contributed by atoms with Crippen LogP contribution in [0, 0.1) is 0 Å². The van der Waals surface area contributed by atoms with Crippen molar-refractivity contribution >= 4 is 35.1 Å². The van der Waals surface area contributed by atoms with Crippen molar-refractivity contribution < 1.29 is 19.1 Å². The Kier molecular flexibility index (Phi) is 5.73. The molecule has 0 saturated heterocycles. The second-order valence-corrected chi connectivity index (χ2v) is 3.87. The first-order valence-corrected chi connectivity index (χ1v) is 5.95. The molecule has 108 valence electrons. The predicted molar refractivity (Wildman–Crippen MR) is 71.0 cm³/mol. The zero-order chi connectivity index (χ0) is 15.1. The van der Waals surface area contributed by atoms with Gasteiger partial charge < -0.3 is 10.1 Å². The Morgan fingerprint density at radius 3 is 2.65 bits per heavy atom. The van der Waals surface area contributed by atoms with Gasteiger partial charge in [0.1, 0.15) is 5.15 Å². The minimum Gasteiger partial charge on any atom is -0.462 e. The minimum atomic E-state index is -1.12. The quantitative estimate of drug-likeness (QED) is 0.316. The maximum Gasteiger partial charge on any atom is 0.398 e. The number of pyridine rings is 1. The number of halogens is 1. The zero-order valence-corrected chi connectivity index (χ0v) is 11.6. The summed E-state index contributed by atoms with van der Waals surface area (Å²) in [6.07, 6.45) is 1.25. The van der Waals surface area contributed by atoms with Crippen LogP contribution in [0.5, 0.6) is 0 Å². The molecule has 2 amide bonds. The van der Waals surface area contributed by atoms with E-state index in [1.54, 1.807) is 0 Å².